The Morgan fingerprint density at radius 1 is 1.29 bits per heavy atom. The molecule has 1 saturated carbocycles. The van der Waals surface area contributed by atoms with E-state index >= 15 is 0 Å². The van der Waals surface area contributed by atoms with Gasteiger partial charge in [-0.1, -0.05) is 39.0 Å². The van der Waals surface area contributed by atoms with Gasteiger partial charge in [0.05, 0.1) is 6.54 Å². The highest BCUT2D eigenvalue weighted by molar-refractivity contribution is 5.78. The quantitative estimate of drug-likeness (QED) is 0.640. The molecule has 2 N–H and O–H groups in total. The Balaban J connectivity index is 2.02. The SMILES string of the molecule is CCCCCC(C)NC(=O)CNC1CCCC1. The van der Waals surface area contributed by atoms with Gasteiger partial charge >= 0.3 is 0 Å². The second-order valence-electron chi connectivity index (χ2n) is 5.33. The van der Waals surface area contributed by atoms with Gasteiger partial charge in [0.25, 0.3) is 0 Å². The number of carbonyl (C=O) groups excluding carboxylic acids is 1. The van der Waals surface area contributed by atoms with Crippen molar-refractivity contribution in [2.45, 2.75) is 77.3 Å². The van der Waals surface area contributed by atoms with Crippen molar-refractivity contribution in [1.82, 2.24) is 10.6 Å². The fourth-order valence-corrected chi connectivity index (χ4v) is 2.47. The first-order valence-corrected chi connectivity index (χ1v) is 7.25. The summed E-state index contributed by atoms with van der Waals surface area (Å²) in [5.74, 6) is 0.154. The van der Waals surface area contributed by atoms with Gasteiger partial charge in [-0.2, -0.15) is 0 Å². The molecule has 1 amide bonds. The monoisotopic (exact) mass is 240 g/mol. The lowest BCUT2D eigenvalue weighted by molar-refractivity contribution is -0.121. The third-order valence-corrected chi connectivity index (χ3v) is 3.55. The summed E-state index contributed by atoms with van der Waals surface area (Å²) in [5.41, 5.74) is 0. The van der Waals surface area contributed by atoms with E-state index in [0.29, 0.717) is 18.6 Å². The second kappa shape index (κ2) is 8.51. The van der Waals surface area contributed by atoms with Gasteiger partial charge in [-0.3, -0.25) is 4.79 Å². The van der Waals surface area contributed by atoms with Gasteiger partial charge in [-0.15, -0.1) is 0 Å². The van der Waals surface area contributed by atoms with Crippen molar-refractivity contribution in [3.63, 3.8) is 0 Å². The summed E-state index contributed by atoms with van der Waals surface area (Å²) in [7, 11) is 0. The number of rotatable bonds is 8. The third kappa shape index (κ3) is 6.67. The number of hydrogen-bond acceptors (Lipinski definition) is 2. The van der Waals surface area contributed by atoms with Gasteiger partial charge < -0.3 is 10.6 Å². The van der Waals surface area contributed by atoms with E-state index < -0.39 is 0 Å². The zero-order valence-corrected chi connectivity index (χ0v) is 11.4. The van der Waals surface area contributed by atoms with Crippen molar-refractivity contribution in [3.05, 3.63) is 0 Å². The molecule has 1 aliphatic rings. The molecule has 0 saturated heterocycles. The van der Waals surface area contributed by atoms with Gasteiger partial charge in [0.15, 0.2) is 0 Å². The number of hydrogen-bond donors (Lipinski definition) is 2. The average Bonchev–Trinajstić information content (AvgIpc) is 2.79. The summed E-state index contributed by atoms with van der Waals surface area (Å²) in [6.07, 6.45) is 9.92. The second-order valence-corrected chi connectivity index (χ2v) is 5.33. The Morgan fingerprint density at radius 3 is 2.65 bits per heavy atom. The van der Waals surface area contributed by atoms with Crippen LogP contribution in [-0.4, -0.2) is 24.5 Å². The first kappa shape index (κ1) is 14.5. The summed E-state index contributed by atoms with van der Waals surface area (Å²) in [4.78, 5) is 11.7. The van der Waals surface area contributed by atoms with Crippen molar-refractivity contribution in [2.75, 3.05) is 6.54 Å². The van der Waals surface area contributed by atoms with Crippen molar-refractivity contribution >= 4 is 5.91 Å². The van der Waals surface area contributed by atoms with Gasteiger partial charge in [-0.05, 0) is 26.2 Å². The molecule has 0 heterocycles. The maximum Gasteiger partial charge on any atom is 0.234 e. The smallest absolute Gasteiger partial charge is 0.234 e. The Hall–Kier alpha value is -0.570. The van der Waals surface area contributed by atoms with Crippen LogP contribution in [0.25, 0.3) is 0 Å². The number of carbonyl (C=O) groups is 1. The van der Waals surface area contributed by atoms with E-state index in [0.717, 1.165) is 6.42 Å². The zero-order valence-electron chi connectivity index (χ0n) is 11.4. The summed E-state index contributed by atoms with van der Waals surface area (Å²) >= 11 is 0. The van der Waals surface area contributed by atoms with Crippen molar-refractivity contribution in [2.24, 2.45) is 0 Å². The minimum Gasteiger partial charge on any atom is -0.353 e. The van der Waals surface area contributed by atoms with Crippen LogP contribution in [0.15, 0.2) is 0 Å². The number of nitrogens with one attached hydrogen (secondary N) is 2. The van der Waals surface area contributed by atoms with Crippen LogP contribution >= 0.6 is 0 Å². The molecule has 0 bridgehead atoms. The lowest BCUT2D eigenvalue weighted by atomic mass is 10.1. The van der Waals surface area contributed by atoms with Crippen molar-refractivity contribution in [3.8, 4) is 0 Å². The molecule has 0 radical (unpaired) electrons. The summed E-state index contributed by atoms with van der Waals surface area (Å²) in [5, 5.41) is 6.40. The molecule has 0 aromatic heterocycles. The number of amides is 1. The van der Waals surface area contributed by atoms with Crippen LogP contribution in [0.5, 0.6) is 0 Å². The highest BCUT2D eigenvalue weighted by Gasteiger charge is 2.15. The fraction of sp³-hybridized carbons (Fsp3) is 0.929. The summed E-state index contributed by atoms with van der Waals surface area (Å²) in [6, 6.07) is 0.899. The average molecular weight is 240 g/mol. The Labute approximate surface area is 106 Å². The Bertz CT molecular complexity index is 212. The largest absolute Gasteiger partial charge is 0.353 e. The number of unbranched alkanes of at least 4 members (excludes halogenated alkanes) is 2. The van der Waals surface area contributed by atoms with Crippen LogP contribution in [0, 0.1) is 0 Å². The topological polar surface area (TPSA) is 41.1 Å². The predicted octanol–water partition coefficient (Wildman–Crippen LogP) is 2.60. The molecule has 3 nitrogen and oxygen atoms in total. The van der Waals surface area contributed by atoms with Gasteiger partial charge in [0.2, 0.25) is 5.91 Å². The lowest BCUT2D eigenvalue weighted by Crippen LogP contribution is -2.41. The van der Waals surface area contributed by atoms with E-state index in [1.165, 1.54) is 44.9 Å². The molecule has 3 heteroatoms. The van der Waals surface area contributed by atoms with E-state index in [-0.39, 0.29) is 5.91 Å². The van der Waals surface area contributed by atoms with E-state index in [1.807, 2.05) is 0 Å². The maximum atomic E-state index is 11.7. The van der Waals surface area contributed by atoms with Crippen molar-refractivity contribution in [1.29, 1.82) is 0 Å². The van der Waals surface area contributed by atoms with E-state index in [9.17, 15) is 4.79 Å². The van der Waals surface area contributed by atoms with E-state index in [2.05, 4.69) is 24.5 Å². The molecule has 0 aromatic carbocycles. The molecule has 1 rings (SSSR count). The summed E-state index contributed by atoms with van der Waals surface area (Å²) < 4.78 is 0. The van der Waals surface area contributed by atoms with E-state index in [1.54, 1.807) is 0 Å². The fourth-order valence-electron chi connectivity index (χ4n) is 2.47. The molecule has 1 aliphatic carbocycles. The van der Waals surface area contributed by atoms with Crippen molar-refractivity contribution < 1.29 is 4.79 Å². The Morgan fingerprint density at radius 2 is 2.00 bits per heavy atom. The normalized spacial score (nSPS) is 18.2. The molecule has 1 fully saturated rings. The van der Waals surface area contributed by atoms with Crippen LogP contribution in [0.1, 0.15) is 65.2 Å². The maximum absolute atomic E-state index is 11.7. The first-order chi connectivity index (χ1) is 8.22. The highest BCUT2D eigenvalue weighted by atomic mass is 16.1. The van der Waals surface area contributed by atoms with E-state index in [4.69, 9.17) is 0 Å². The molecule has 1 atom stereocenters. The van der Waals surface area contributed by atoms with Gasteiger partial charge in [-0.25, -0.2) is 0 Å². The van der Waals surface area contributed by atoms with Gasteiger partial charge in [0.1, 0.15) is 0 Å². The zero-order chi connectivity index (χ0) is 12.5. The van der Waals surface area contributed by atoms with Crippen LogP contribution in [0.2, 0.25) is 0 Å². The molecule has 17 heavy (non-hydrogen) atoms. The molecule has 0 aliphatic heterocycles. The minimum atomic E-state index is 0.154. The standard InChI is InChI=1S/C14H28N2O/c1-3-4-5-8-12(2)16-14(17)11-15-13-9-6-7-10-13/h12-13,15H,3-11H2,1-2H3,(H,16,17). The van der Waals surface area contributed by atoms with Crippen LogP contribution in [-0.2, 0) is 4.79 Å². The molecule has 100 valence electrons. The lowest BCUT2D eigenvalue weighted by Gasteiger charge is -2.16. The van der Waals surface area contributed by atoms with Crippen LogP contribution in [0.4, 0.5) is 0 Å². The minimum absolute atomic E-state index is 0.154. The third-order valence-electron chi connectivity index (χ3n) is 3.55. The molecular weight excluding hydrogens is 212 g/mol. The Kier molecular flexibility index (Phi) is 7.25. The highest BCUT2D eigenvalue weighted by Crippen LogP contribution is 2.17. The molecule has 0 aromatic rings. The van der Waals surface area contributed by atoms with Gasteiger partial charge in [0, 0.05) is 12.1 Å². The molecule has 1 unspecified atom stereocenters. The van der Waals surface area contributed by atoms with Crippen LogP contribution in [0.3, 0.4) is 0 Å². The predicted molar refractivity (Wildman–Crippen MR) is 72.0 cm³/mol. The molecule has 0 spiro atoms. The first-order valence-electron chi connectivity index (χ1n) is 7.25. The van der Waals surface area contributed by atoms with Crippen LogP contribution < -0.4 is 10.6 Å². The molecular formula is C14H28N2O. The summed E-state index contributed by atoms with van der Waals surface area (Å²) in [6.45, 7) is 4.79.